The average Bonchev–Trinajstić information content (AvgIpc) is 3.68. The van der Waals surface area contributed by atoms with Gasteiger partial charge in [-0.2, -0.15) is 0 Å². The molecule has 10 nitrogen and oxygen atoms in total. The molecule has 50 heavy (non-hydrogen) atoms. The Hall–Kier alpha value is -3.80. The molecule has 3 fully saturated rings. The van der Waals surface area contributed by atoms with E-state index in [1.165, 1.54) is 0 Å². The number of nitrogens with zero attached hydrogens (tertiary/aromatic N) is 2. The summed E-state index contributed by atoms with van der Waals surface area (Å²) in [6.45, 7) is 13.6. The number of anilines is 1. The quantitative estimate of drug-likeness (QED) is 0.106. The SMILES string of the molecule is C=CCCC(=O)N[C@@H](C)[C@H](OC(=O)[C@@H]1[C@H]2O[C@@]3(CC2Br)[C@H](C(=O)N(CC=C)c2c(C)cccc2C)N(CCCCO)C(=O)[C@@H]13)c1ccccc1. The number of hydrogen-bond donors (Lipinski definition) is 2. The Kier molecular flexibility index (Phi) is 12.0. The van der Waals surface area contributed by atoms with Gasteiger partial charge in [0.1, 0.15) is 17.7 Å². The Morgan fingerprint density at radius 3 is 2.46 bits per heavy atom. The number of likely N-dealkylation sites (tertiary alicyclic amines) is 1. The first kappa shape index (κ1) is 37.5. The van der Waals surface area contributed by atoms with Crippen LogP contribution >= 0.6 is 15.9 Å². The van der Waals surface area contributed by atoms with Crippen molar-refractivity contribution < 1.29 is 33.8 Å². The van der Waals surface area contributed by atoms with Crippen molar-refractivity contribution in [3.8, 4) is 0 Å². The summed E-state index contributed by atoms with van der Waals surface area (Å²) >= 11 is 3.75. The van der Waals surface area contributed by atoms with Gasteiger partial charge >= 0.3 is 5.97 Å². The average molecular weight is 751 g/mol. The van der Waals surface area contributed by atoms with Crippen LogP contribution in [-0.2, 0) is 28.7 Å². The molecule has 3 aliphatic heterocycles. The molecule has 0 aromatic heterocycles. The summed E-state index contributed by atoms with van der Waals surface area (Å²) in [7, 11) is 0. The first-order valence-electron chi connectivity index (χ1n) is 17.4. The van der Waals surface area contributed by atoms with Gasteiger partial charge < -0.3 is 29.7 Å². The van der Waals surface area contributed by atoms with E-state index in [2.05, 4.69) is 34.4 Å². The van der Waals surface area contributed by atoms with E-state index in [1.807, 2.05) is 62.4 Å². The molecule has 268 valence electrons. The van der Waals surface area contributed by atoms with Crippen molar-refractivity contribution in [3.63, 3.8) is 0 Å². The van der Waals surface area contributed by atoms with Gasteiger partial charge in [-0.3, -0.25) is 19.2 Å². The van der Waals surface area contributed by atoms with E-state index in [-0.39, 0.29) is 48.7 Å². The van der Waals surface area contributed by atoms with Crippen molar-refractivity contribution in [3.05, 3.63) is 90.5 Å². The van der Waals surface area contributed by atoms with Crippen molar-refractivity contribution >= 4 is 45.3 Å². The number of halogens is 1. The van der Waals surface area contributed by atoms with Crippen LogP contribution in [0.5, 0.6) is 0 Å². The van der Waals surface area contributed by atoms with Gasteiger partial charge in [0, 0.05) is 36.6 Å². The first-order chi connectivity index (χ1) is 24.0. The first-order valence-corrected chi connectivity index (χ1v) is 18.3. The number of nitrogens with one attached hydrogen (secondary N) is 1. The molecule has 3 heterocycles. The van der Waals surface area contributed by atoms with Gasteiger partial charge in [0.25, 0.3) is 5.91 Å². The van der Waals surface area contributed by atoms with Crippen LogP contribution in [-0.4, -0.2) is 82.0 Å². The van der Waals surface area contributed by atoms with E-state index in [0.29, 0.717) is 31.2 Å². The molecule has 0 saturated carbocycles. The van der Waals surface area contributed by atoms with Crippen LogP contribution in [0, 0.1) is 25.7 Å². The number of para-hydroxylation sites is 1. The maximum absolute atomic E-state index is 14.9. The van der Waals surface area contributed by atoms with E-state index in [9.17, 15) is 24.3 Å². The van der Waals surface area contributed by atoms with Gasteiger partial charge in [0.05, 0.1) is 24.0 Å². The number of carbonyl (C=O) groups excluding carboxylic acids is 4. The zero-order valence-corrected chi connectivity index (χ0v) is 30.6. The Bertz CT molecular complexity index is 1580. The molecule has 8 atom stereocenters. The number of benzene rings is 2. The van der Waals surface area contributed by atoms with Crippen molar-refractivity contribution in [1.29, 1.82) is 0 Å². The molecule has 2 N–H and O–H groups in total. The smallest absolute Gasteiger partial charge is 0.313 e. The molecule has 2 aromatic carbocycles. The molecule has 3 saturated heterocycles. The molecule has 2 aromatic rings. The Morgan fingerprint density at radius 2 is 1.82 bits per heavy atom. The van der Waals surface area contributed by atoms with E-state index in [4.69, 9.17) is 9.47 Å². The van der Waals surface area contributed by atoms with Crippen LogP contribution in [0.2, 0.25) is 0 Å². The largest absolute Gasteiger partial charge is 0.455 e. The number of aryl methyl sites for hydroxylation is 2. The molecular formula is C39H48BrN3O7. The molecule has 2 bridgehead atoms. The third kappa shape index (κ3) is 7.05. The molecular weight excluding hydrogens is 702 g/mol. The molecule has 0 radical (unpaired) electrons. The molecule has 1 unspecified atom stereocenters. The fourth-order valence-electron chi connectivity index (χ4n) is 8.05. The molecule has 1 spiro atoms. The highest BCUT2D eigenvalue weighted by Crippen LogP contribution is 2.60. The fourth-order valence-corrected chi connectivity index (χ4v) is 9.00. The lowest BCUT2D eigenvalue weighted by Gasteiger charge is -2.38. The van der Waals surface area contributed by atoms with E-state index in [1.54, 1.807) is 28.9 Å². The standard InChI is InChI=1S/C39H48BrN3O7/c1-6-8-19-29(45)41-26(5)33(27-17-10-9-11-18-27)49-38(48)30-31-36(46)43(21-12-13-22-44)35(39(31)23-28(40)34(30)50-39)37(47)42(20-7-2)32-24(3)15-14-16-25(32)4/h6-7,9-11,14-18,26,28,30-31,33-35,44H,1-2,8,12-13,19-23H2,3-5H3,(H,41,45)/t26-,28?,30-,31+,33-,34-,35-,39+/m0/s1. The fraction of sp³-hybridized carbons (Fsp3) is 0.487. The predicted molar refractivity (Wildman–Crippen MR) is 195 cm³/mol. The summed E-state index contributed by atoms with van der Waals surface area (Å²) < 4.78 is 13.0. The van der Waals surface area contributed by atoms with Crippen molar-refractivity contribution in [2.75, 3.05) is 24.6 Å². The predicted octanol–water partition coefficient (Wildman–Crippen LogP) is 5.10. The second-order valence-electron chi connectivity index (χ2n) is 13.6. The Balaban J connectivity index is 1.52. The molecule has 3 amide bonds. The number of rotatable bonds is 16. The lowest BCUT2D eigenvalue weighted by Crippen LogP contribution is -2.57. The number of ether oxygens (including phenoxy) is 2. The second-order valence-corrected chi connectivity index (χ2v) is 14.7. The highest BCUT2D eigenvalue weighted by atomic mass is 79.9. The van der Waals surface area contributed by atoms with E-state index in [0.717, 1.165) is 16.8 Å². The summed E-state index contributed by atoms with van der Waals surface area (Å²) in [6, 6.07) is 13.4. The molecule has 5 rings (SSSR count). The number of aliphatic hydroxyl groups is 1. The summed E-state index contributed by atoms with van der Waals surface area (Å²) in [6.07, 6.45) is 3.79. The van der Waals surface area contributed by atoms with Gasteiger partial charge in [-0.25, -0.2) is 0 Å². The summed E-state index contributed by atoms with van der Waals surface area (Å²) in [4.78, 5) is 59.6. The number of esters is 1. The monoisotopic (exact) mass is 749 g/mol. The molecule has 11 heteroatoms. The van der Waals surface area contributed by atoms with Crippen molar-refractivity contribution in [2.24, 2.45) is 11.8 Å². The normalized spacial score (nSPS) is 26.2. The zero-order valence-electron chi connectivity index (χ0n) is 29.1. The van der Waals surface area contributed by atoms with Crippen LogP contribution in [0.4, 0.5) is 5.69 Å². The van der Waals surface area contributed by atoms with Crippen LogP contribution in [0.1, 0.15) is 61.8 Å². The third-order valence-electron chi connectivity index (χ3n) is 10.2. The maximum Gasteiger partial charge on any atom is 0.313 e. The topological polar surface area (TPSA) is 125 Å². The highest BCUT2D eigenvalue weighted by molar-refractivity contribution is 9.09. The number of aliphatic hydroxyl groups excluding tert-OH is 1. The Morgan fingerprint density at radius 1 is 1.12 bits per heavy atom. The third-order valence-corrected chi connectivity index (χ3v) is 11.0. The van der Waals surface area contributed by atoms with Crippen molar-refractivity contribution in [2.45, 2.75) is 87.6 Å². The highest BCUT2D eigenvalue weighted by Gasteiger charge is 2.77. The number of allylic oxidation sites excluding steroid dienone is 1. The number of fused-ring (bicyclic) bond motifs is 1. The Labute approximate surface area is 303 Å². The van der Waals surface area contributed by atoms with Gasteiger partial charge in [-0.1, -0.05) is 76.6 Å². The number of amides is 3. The van der Waals surface area contributed by atoms with Crippen LogP contribution in [0.15, 0.2) is 73.8 Å². The minimum absolute atomic E-state index is 0.0552. The van der Waals surface area contributed by atoms with Gasteiger partial charge in [0.2, 0.25) is 11.8 Å². The minimum atomic E-state index is -1.29. The number of hydrogen-bond acceptors (Lipinski definition) is 7. The summed E-state index contributed by atoms with van der Waals surface area (Å²) in [5.74, 6) is -3.43. The second kappa shape index (κ2) is 16.0. The summed E-state index contributed by atoms with van der Waals surface area (Å²) in [5, 5.41) is 12.5. The minimum Gasteiger partial charge on any atom is -0.455 e. The van der Waals surface area contributed by atoms with E-state index >= 15 is 0 Å². The molecule has 0 aliphatic carbocycles. The van der Waals surface area contributed by atoms with Crippen LogP contribution in [0.3, 0.4) is 0 Å². The lowest BCUT2D eigenvalue weighted by atomic mass is 9.70. The molecule has 3 aliphatic rings. The zero-order chi connectivity index (χ0) is 36.2. The van der Waals surface area contributed by atoms with Gasteiger partial charge in [-0.05, 0) is 63.1 Å². The maximum atomic E-state index is 14.9. The van der Waals surface area contributed by atoms with Gasteiger partial charge in [-0.15, -0.1) is 13.2 Å². The van der Waals surface area contributed by atoms with Crippen molar-refractivity contribution in [1.82, 2.24) is 10.2 Å². The van der Waals surface area contributed by atoms with Gasteiger partial charge in [0.15, 0.2) is 0 Å². The van der Waals surface area contributed by atoms with E-state index < -0.39 is 47.7 Å². The number of unbranched alkanes of at least 4 members (excludes halogenated alkanes) is 1. The number of alkyl halides is 1. The van der Waals surface area contributed by atoms with Crippen LogP contribution in [0.25, 0.3) is 0 Å². The number of carbonyl (C=O) groups is 4. The van der Waals surface area contributed by atoms with Crippen LogP contribution < -0.4 is 10.2 Å². The lowest BCUT2D eigenvalue weighted by molar-refractivity contribution is -0.162. The summed E-state index contributed by atoms with van der Waals surface area (Å²) in [5.41, 5.74) is 1.95.